The maximum atomic E-state index is 11.5. The van der Waals surface area contributed by atoms with Crippen LogP contribution in [0.2, 0.25) is 0 Å². The Morgan fingerprint density at radius 3 is 2.60 bits per heavy atom. The molecule has 0 saturated carbocycles. The molecule has 3 aromatic rings. The number of anilines is 2. The van der Waals surface area contributed by atoms with Crippen molar-refractivity contribution in [2.24, 2.45) is 0 Å². The highest BCUT2D eigenvalue weighted by Crippen LogP contribution is 2.30. The predicted octanol–water partition coefficient (Wildman–Crippen LogP) is 4.48. The highest BCUT2D eigenvalue weighted by atomic mass is 79.9. The van der Waals surface area contributed by atoms with Crippen molar-refractivity contribution in [2.75, 3.05) is 17.7 Å². The lowest BCUT2D eigenvalue weighted by atomic mass is 10.2. The van der Waals surface area contributed by atoms with Gasteiger partial charge in [-0.05, 0) is 30.8 Å². The minimum absolute atomic E-state index is 0.169. The van der Waals surface area contributed by atoms with Crippen molar-refractivity contribution < 1.29 is 9.53 Å². The zero-order valence-corrected chi connectivity index (χ0v) is 15.4. The molecule has 1 heterocycles. The highest BCUT2D eigenvalue weighted by molar-refractivity contribution is 9.10. The number of fused-ring (bicyclic) bond motifs is 1. The maximum Gasteiger partial charge on any atom is 0.221 e. The summed E-state index contributed by atoms with van der Waals surface area (Å²) in [5.41, 5.74) is 3.76. The van der Waals surface area contributed by atoms with E-state index < -0.39 is 0 Å². The van der Waals surface area contributed by atoms with Crippen molar-refractivity contribution >= 4 is 44.2 Å². The largest absolute Gasteiger partial charge is 0.483 e. The molecule has 0 aliphatic carbocycles. The van der Waals surface area contributed by atoms with E-state index in [0.29, 0.717) is 17.1 Å². The van der Waals surface area contributed by atoms with Crippen molar-refractivity contribution in [3.05, 3.63) is 53.3 Å². The smallest absolute Gasteiger partial charge is 0.221 e. The molecular weight excluding hydrogens is 384 g/mol. The number of hydrogen-bond acceptors (Lipinski definition) is 4. The first-order chi connectivity index (χ1) is 12.0. The van der Waals surface area contributed by atoms with Gasteiger partial charge in [0.1, 0.15) is 11.3 Å². The standard InChI is InChI=1S/C18H17BrN4O2/c1-10(24)20-15-8-14(21-11(2)25-3)9-16-17(15)23-18(22-16)12-4-6-13(19)7-5-12/h4-9,21H,2H2,1,3H3,(H,20,24)(H,22,23). The molecule has 1 amide bonds. The maximum absolute atomic E-state index is 11.5. The van der Waals surface area contributed by atoms with E-state index in [2.05, 4.69) is 43.1 Å². The molecule has 0 unspecified atom stereocenters. The molecule has 7 heteroatoms. The average molecular weight is 401 g/mol. The minimum Gasteiger partial charge on any atom is -0.483 e. The molecule has 128 valence electrons. The van der Waals surface area contributed by atoms with Gasteiger partial charge in [-0.1, -0.05) is 28.1 Å². The summed E-state index contributed by atoms with van der Waals surface area (Å²) in [6.07, 6.45) is 0. The lowest BCUT2D eigenvalue weighted by Gasteiger charge is -2.10. The van der Waals surface area contributed by atoms with Crippen LogP contribution in [0.1, 0.15) is 6.92 Å². The fourth-order valence-corrected chi connectivity index (χ4v) is 2.70. The Kier molecular flexibility index (Phi) is 4.76. The number of benzene rings is 2. The van der Waals surface area contributed by atoms with Gasteiger partial charge in [-0.15, -0.1) is 0 Å². The van der Waals surface area contributed by atoms with Crippen molar-refractivity contribution in [2.45, 2.75) is 6.92 Å². The van der Waals surface area contributed by atoms with Gasteiger partial charge in [-0.2, -0.15) is 0 Å². The monoisotopic (exact) mass is 400 g/mol. The molecule has 0 aliphatic heterocycles. The average Bonchev–Trinajstić information content (AvgIpc) is 2.99. The fourth-order valence-electron chi connectivity index (χ4n) is 2.43. The van der Waals surface area contributed by atoms with Crippen LogP contribution in [0.3, 0.4) is 0 Å². The molecule has 0 aliphatic rings. The number of nitrogens with zero attached hydrogens (tertiary/aromatic N) is 1. The Labute approximate surface area is 153 Å². The second kappa shape index (κ2) is 6.98. The lowest BCUT2D eigenvalue weighted by molar-refractivity contribution is -0.114. The molecule has 2 aromatic carbocycles. The number of nitrogens with one attached hydrogen (secondary N) is 3. The molecule has 0 saturated heterocycles. The van der Waals surface area contributed by atoms with Crippen LogP contribution in [0, 0.1) is 0 Å². The second-order valence-corrected chi connectivity index (χ2v) is 6.36. The number of carbonyl (C=O) groups is 1. The number of imidazole rings is 1. The van der Waals surface area contributed by atoms with Gasteiger partial charge in [0.25, 0.3) is 0 Å². The van der Waals surface area contributed by atoms with Gasteiger partial charge in [0.2, 0.25) is 5.91 Å². The van der Waals surface area contributed by atoms with E-state index in [1.54, 1.807) is 6.07 Å². The van der Waals surface area contributed by atoms with Gasteiger partial charge in [-0.3, -0.25) is 4.79 Å². The Bertz CT molecular complexity index is 948. The molecule has 0 spiro atoms. The van der Waals surface area contributed by atoms with E-state index in [4.69, 9.17) is 4.74 Å². The molecule has 3 N–H and O–H groups in total. The quantitative estimate of drug-likeness (QED) is 0.551. The van der Waals surface area contributed by atoms with Crippen LogP contribution in [0.4, 0.5) is 11.4 Å². The van der Waals surface area contributed by atoms with Crippen LogP contribution in [0.5, 0.6) is 0 Å². The SMILES string of the molecule is C=C(Nc1cc(NC(C)=O)c2nc(-c3ccc(Br)cc3)[nH]c2c1)OC. The molecular formula is C18H17BrN4O2. The third-order valence-electron chi connectivity index (χ3n) is 3.55. The van der Waals surface area contributed by atoms with Crippen LogP contribution in [0.15, 0.2) is 53.3 Å². The number of aromatic amines is 1. The summed E-state index contributed by atoms with van der Waals surface area (Å²) in [4.78, 5) is 19.5. The van der Waals surface area contributed by atoms with Crippen LogP contribution < -0.4 is 10.6 Å². The number of halogens is 1. The zero-order chi connectivity index (χ0) is 18.0. The third-order valence-corrected chi connectivity index (χ3v) is 4.07. The molecule has 6 nitrogen and oxygen atoms in total. The number of ether oxygens (including phenoxy) is 1. The number of aromatic nitrogens is 2. The van der Waals surface area contributed by atoms with E-state index in [-0.39, 0.29) is 5.91 Å². The van der Waals surface area contributed by atoms with Crippen molar-refractivity contribution in [1.29, 1.82) is 0 Å². The van der Waals surface area contributed by atoms with Crippen LogP contribution >= 0.6 is 15.9 Å². The van der Waals surface area contributed by atoms with Gasteiger partial charge < -0.3 is 20.4 Å². The Morgan fingerprint density at radius 2 is 1.96 bits per heavy atom. The number of hydrogen-bond donors (Lipinski definition) is 3. The van der Waals surface area contributed by atoms with Gasteiger partial charge in [0.15, 0.2) is 5.88 Å². The molecule has 0 bridgehead atoms. The van der Waals surface area contributed by atoms with E-state index in [1.807, 2.05) is 30.3 Å². The van der Waals surface area contributed by atoms with Crippen LogP contribution in [-0.2, 0) is 9.53 Å². The molecule has 3 rings (SSSR count). The minimum atomic E-state index is -0.169. The topological polar surface area (TPSA) is 79.0 Å². The summed E-state index contributed by atoms with van der Waals surface area (Å²) in [5, 5.41) is 5.85. The summed E-state index contributed by atoms with van der Waals surface area (Å²) in [6.45, 7) is 5.21. The summed E-state index contributed by atoms with van der Waals surface area (Å²) in [7, 11) is 1.53. The van der Waals surface area contributed by atoms with Crippen LogP contribution in [-0.4, -0.2) is 23.0 Å². The zero-order valence-electron chi connectivity index (χ0n) is 13.8. The van der Waals surface area contributed by atoms with E-state index in [0.717, 1.165) is 27.1 Å². The number of amides is 1. The van der Waals surface area contributed by atoms with E-state index in [9.17, 15) is 4.79 Å². The number of rotatable bonds is 5. The number of methoxy groups -OCH3 is 1. The van der Waals surface area contributed by atoms with Crippen molar-refractivity contribution in [1.82, 2.24) is 9.97 Å². The normalized spacial score (nSPS) is 10.5. The lowest BCUT2D eigenvalue weighted by Crippen LogP contribution is -2.07. The second-order valence-electron chi connectivity index (χ2n) is 5.45. The fraction of sp³-hybridized carbons (Fsp3) is 0.111. The van der Waals surface area contributed by atoms with Crippen LogP contribution in [0.25, 0.3) is 22.4 Å². The van der Waals surface area contributed by atoms with Crippen molar-refractivity contribution in [3.8, 4) is 11.4 Å². The Balaban J connectivity index is 2.10. The van der Waals surface area contributed by atoms with E-state index >= 15 is 0 Å². The number of H-pyrrole nitrogens is 1. The molecule has 0 atom stereocenters. The van der Waals surface area contributed by atoms with Gasteiger partial charge in [0, 0.05) is 22.6 Å². The Morgan fingerprint density at radius 1 is 1.24 bits per heavy atom. The van der Waals surface area contributed by atoms with Gasteiger partial charge in [-0.25, -0.2) is 4.98 Å². The molecule has 0 fully saturated rings. The summed E-state index contributed by atoms with van der Waals surface area (Å²) < 4.78 is 6.05. The molecule has 0 radical (unpaired) electrons. The molecule has 1 aromatic heterocycles. The first kappa shape index (κ1) is 17.0. The predicted molar refractivity (Wildman–Crippen MR) is 103 cm³/mol. The van der Waals surface area contributed by atoms with E-state index in [1.165, 1.54) is 14.0 Å². The third kappa shape index (κ3) is 3.83. The summed E-state index contributed by atoms with van der Waals surface area (Å²) >= 11 is 3.42. The molecule has 25 heavy (non-hydrogen) atoms. The summed E-state index contributed by atoms with van der Waals surface area (Å²) in [6, 6.07) is 11.5. The highest BCUT2D eigenvalue weighted by Gasteiger charge is 2.12. The van der Waals surface area contributed by atoms with Gasteiger partial charge >= 0.3 is 0 Å². The first-order valence-electron chi connectivity index (χ1n) is 7.53. The van der Waals surface area contributed by atoms with Gasteiger partial charge in [0.05, 0.1) is 18.3 Å². The van der Waals surface area contributed by atoms with Crippen molar-refractivity contribution in [3.63, 3.8) is 0 Å². The number of carbonyl (C=O) groups excluding carboxylic acids is 1. The first-order valence-corrected chi connectivity index (χ1v) is 8.33. The Hall–Kier alpha value is -2.80. The summed E-state index contributed by atoms with van der Waals surface area (Å²) in [5.74, 6) is 0.954.